The Balaban J connectivity index is 1.69. The molecule has 0 bridgehead atoms. The van der Waals surface area contributed by atoms with E-state index in [0.717, 1.165) is 35.0 Å². The van der Waals surface area contributed by atoms with Crippen LogP contribution in [0.3, 0.4) is 0 Å². The minimum atomic E-state index is 0.316. The normalized spacial score (nSPS) is 14.1. The largest absolute Gasteiger partial charge is 0.260 e. The fourth-order valence-electron chi connectivity index (χ4n) is 3.83. The molecule has 4 aromatic rings. The summed E-state index contributed by atoms with van der Waals surface area (Å²) in [6.45, 7) is 0. The van der Waals surface area contributed by atoms with Gasteiger partial charge in [-0.1, -0.05) is 66.2 Å². The zero-order valence-corrected chi connectivity index (χ0v) is 14.3. The summed E-state index contributed by atoms with van der Waals surface area (Å²) in [7, 11) is 0. The molecule has 0 N–H and O–H groups in total. The lowest BCUT2D eigenvalue weighted by molar-refractivity contribution is 0.492. The Kier molecular flexibility index (Phi) is 3.35. The first kappa shape index (κ1) is 14.7. The minimum absolute atomic E-state index is 0.316. The van der Waals surface area contributed by atoms with Crippen molar-refractivity contribution in [3.63, 3.8) is 0 Å². The van der Waals surface area contributed by atoms with Crippen LogP contribution in [0.2, 0.25) is 5.15 Å². The zero-order chi connectivity index (χ0) is 16.8. The number of nitrogens with zero attached hydrogens (tertiary/aromatic N) is 3. The van der Waals surface area contributed by atoms with Crippen LogP contribution in [-0.4, -0.2) is 14.8 Å². The Labute approximate surface area is 150 Å². The van der Waals surface area contributed by atoms with Crippen LogP contribution in [-0.2, 0) is 12.8 Å². The standard InChI is InChI=1S/C21H16ClN3/c22-21-19-18(10-11-23-21)25(24-20(19)14-6-2-1-3-7-14)17-12-15-8-4-5-9-16(15)13-17/h1-11,17H,12-13H2. The average molecular weight is 346 g/mol. The van der Waals surface area contributed by atoms with Gasteiger partial charge in [-0.2, -0.15) is 5.10 Å². The average Bonchev–Trinajstić information content (AvgIpc) is 3.24. The second-order valence-corrected chi connectivity index (χ2v) is 6.84. The maximum absolute atomic E-state index is 6.46. The van der Waals surface area contributed by atoms with Gasteiger partial charge < -0.3 is 0 Å². The third kappa shape index (κ3) is 2.35. The van der Waals surface area contributed by atoms with E-state index in [1.807, 2.05) is 24.3 Å². The van der Waals surface area contributed by atoms with Crippen molar-refractivity contribution < 1.29 is 0 Å². The Bertz CT molecular complexity index is 1040. The first-order chi connectivity index (χ1) is 12.3. The Morgan fingerprint density at radius 3 is 2.28 bits per heavy atom. The second-order valence-electron chi connectivity index (χ2n) is 6.49. The van der Waals surface area contributed by atoms with Crippen LogP contribution in [0, 0.1) is 0 Å². The molecule has 0 unspecified atom stereocenters. The van der Waals surface area contributed by atoms with Crippen LogP contribution in [0.15, 0.2) is 66.9 Å². The second kappa shape index (κ2) is 5.71. The van der Waals surface area contributed by atoms with Gasteiger partial charge in [0.05, 0.1) is 16.9 Å². The van der Waals surface area contributed by atoms with Crippen molar-refractivity contribution >= 4 is 22.5 Å². The summed E-state index contributed by atoms with van der Waals surface area (Å²) in [4.78, 5) is 4.29. The van der Waals surface area contributed by atoms with Crippen LogP contribution in [0.1, 0.15) is 17.2 Å². The van der Waals surface area contributed by atoms with E-state index in [4.69, 9.17) is 16.7 Å². The third-order valence-electron chi connectivity index (χ3n) is 5.00. The van der Waals surface area contributed by atoms with Crippen molar-refractivity contribution in [3.8, 4) is 11.3 Å². The monoisotopic (exact) mass is 345 g/mol. The van der Waals surface area contributed by atoms with Crippen LogP contribution in [0.5, 0.6) is 0 Å². The quantitative estimate of drug-likeness (QED) is 0.474. The molecule has 0 amide bonds. The van der Waals surface area contributed by atoms with Gasteiger partial charge in [0, 0.05) is 11.8 Å². The molecule has 0 saturated carbocycles. The van der Waals surface area contributed by atoms with E-state index in [0.29, 0.717) is 11.2 Å². The van der Waals surface area contributed by atoms with Gasteiger partial charge in [-0.3, -0.25) is 4.68 Å². The molecule has 2 aromatic carbocycles. The molecule has 1 aliphatic rings. The van der Waals surface area contributed by atoms with Crippen molar-refractivity contribution in [1.82, 2.24) is 14.8 Å². The van der Waals surface area contributed by atoms with E-state index in [2.05, 4.69) is 46.1 Å². The highest BCUT2D eigenvalue weighted by Crippen LogP contribution is 2.37. The van der Waals surface area contributed by atoms with Gasteiger partial charge in [-0.25, -0.2) is 4.98 Å². The molecule has 25 heavy (non-hydrogen) atoms. The fraction of sp³-hybridized carbons (Fsp3) is 0.143. The predicted octanol–water partition coefficient (Wildman–Crippen LogP) is 5.09. The maximum Gasteiger partial charge on any atom is 0.140 e. The fourth-order valence-corrected chi connectivity index (χ4v) is 4.08. The predicted molar refractivity (Wildman–Crippen MR) is 101 cm³/mol. The van der Waals surface area contributed by atoms with Gasteiger partial charge in [0.25, 0.3) is 0 Å². The SMILES string of the molecule is Clc1nccc2c1c(-c1ccccc1)nn2C1Cc2ccccc2C1. The summed E-state index contributed by atoms with van der Waals surface area (Å²) >= 11 is 6.46. The van der Waals surface area contributed by atoms with E-state index in [9.17, 15) is 0 Å². The molecule has 5 rings (SSSR count). The van der Waals surface area contributed by atoms with Crippen molar-refractivity contribution in [2.24, 2.45) is 0 Å². The van der Waals surface area contributed by atoms with Crippen molar-refractivity contribution in [2.75, 3.05) is 0 Å². The highest BCUT2D eigenvalue weighted by molar-refractivity contribution is 6.35. The molecule has 0 saturated heterocycles. The third-order valence-corrected chi connectivity index (χ3v) is 5.28. The highest BCUT2D eigenvalue weighted by atomic mass is 35.5. The summed E-state index contributed by atoms with van der Waals surface area (Å²) in [5.41, 5.74) is 5.85. The Hall–Kier alpha value is -2.65. The van der Waals surface area contributed by atoms with Gasteiger partial charge in [0.15, 0.2) is 0 Å². The molecule has 0 fully saturated rings. The molecule has 2 aromatic heterocycles. The van der Waals surface area contributed by atoms with Gasteiger partial charge in [0.2, 0.25) is 0 Å². The highest BCUT2D eigenvalue weighted by Gasteiger charge is 2.26. The van der Waals surface area contributed by atoms with E-state index in [1.54, 1.807) is 6.20 Å². The van der Waals surface area contributed by atoms with Crippen LogP contribution in [0.4, 0.5) is 0 Å². The van der Waals surface area contributed by atoms with Gasteiger partial charge >= 0.3 is 0 Å². The van der Waals surface area contributed by atoms with Gasteiger partial charge in [0.1, 0.15) is 10.8 Å². The number of benzene rings is 2. The first-order valence-electron chi connectivity index (χ1n) is 8.46. The maximum atomic E-state index is 6.46. The summed E-state index contributed by atoms with van der Waals surface area (Å²) in [6, 6.07) is 21.2. The minimum Gasteiger partial charge on any atom is -0.260 e. The first-order valence-corrected chi connectivity index (χ1v) is 8.84. The van der Waals surface area contributed by atoms with Gasteiger partial charge in [-0.15, -0.1) is 0 Å². The summed E-state index contributed by atoms with van der Waals surface area (Å²) in [5, 5.41) is 6.43. The van der Waals surface area contributed by atoms with Crippen molar-refractivity contribution in [1.29, 1.82) is 0 Å². The molecule has 4 heteroatoms. The smallest absolute Gasteiger partial charge is 0.140 e. The number of rotatable bonds is 2. The number of fused-ring (bicyclic) bond motifs is 2. The topological polar surface area (TPSA) is 30.7 Å². The van der Waals surface area contributed by atoms with Crippen LogP contribution >= 0.6 is 11.6 Å². The van der Waals surface area contributed by atoms with Crippen LogP contribution < -0.4 is 0 Å². The van der Waals surface area contributed by atoms with E-state index >= 15 is 0 Å². The zero-order valence-electron chi connectivity index (χ0n) is 13.6. The molecule has 1 aliphatic carbocycles. The van der Waals surface area contributed by atoms with Crippen LogP contribution in [0.25, 0.3) is 22.2 Å². The van der Waals surface area contributed by atoms with E-state index in [1.165, 1.54) is 11.1 Å². The van der Waals surface area contributed by atoms with Crippen molar-refractivity contribution in [2.45, 2.75) is 18.9 Å². The summed E-state index contributed by atoms with van der Waals surface area (Å²) in [6.07, 6.45) is 3.77. The number of hydrogen-bond acceptors (Lipinski definition) is 2. The molecular weight excluding hydrogens is 330 g/mol. The molecule has 3 nitrogen and oxygen atoms in total. The number of aromatic nitrogens is 3. The lowest BCUT2D eigenvalue weighted by atomic mass is 10.1. The van der Waals surface area contributed by atoms with Crippen molar-refractivity contribution in [3.05, 3.63) is 83.1 Å². The molecule has 122 valence electrons. The molecular formula is C21H16ClN3. The van der Waals surface area contributed by atoms with Gasteiger partial charge in [-0.05, 0) is 30.0 Å². The molecule has 0 aliphatic heterocycles. The molecule has 2 heterocycles. The van der Waals surface area contributed by atoms with E-state index < -0.39 is 0 Å². The number of pyridine rings is 1. The summed E-state index contributed by atoms with van der Waals surface area (Å²) in [5.74, 6) is 0. The number of hydrogen-bond donors (Lipinski definition) is 0. The Morgan fingerprint density at radius 2 is 1.56 bits per heavy atom. The Morgan fingerprint density at radius 1 is 0.880 bits per heavy atom. The number of halogens is 1. The molecule has 0 spiro atoms. The summed E-state index contributed by atoms with van der Waals surface area (Å²) < 4.78 is 2.14. The molecule has 0 atom stereocenters. The molecule has 0 radical (unpaired) electrons. The lowest BCUT2D eigenvalue weighted by Gasteiger charge is -2.11. The van der Waals surface area contributed by atoms with E-state index in [-0.39, 0.29) is 0 Å². The lowest BCUT2D eigenvalue weighted by Crippen LogP contribution is -2.10.